The minimum Gasteiger partial charge on any atom is -0.322 e. The van der Waals surface area contributed by atoms with E-state index in [0.29, 0.717) is 11.0 Å². The van der Waals surface area contributed by atoms with Crippen molar-refractivity contribution in [2.45, 2.75) is 33.1 Å². The second kappa shape index (κ2) is 8.77. The SMILES string of the molecule is CC(C)Cc1ccc(C(C)C(=O)NC(=S)N(C)c2ccccc2)cc1. The maximum absolute atomic E-state index is 12.5. The van der Waals surface area contributed by atoms with Gasteiger partial charge >= 0.3 is 0 Å². The van der Waals surface area contributed by atoms with Crippen LogP contribution >= 0.6 is 12.2 Å². The zero-order valence-electron chi connectivity index (χ0n) is 15.3. The number of nitrogens with zero attached hydrogens (tertiary/aromatic N) is 1. The van der Waals surface area contributed by atoms with Crippen molar-refractivity contribution in [3.63, 3.8) is 0 Å². The van der Waals surface area contributed by atoms with Crippen molar-refractivity contribution in [2.75, 3.05) is 11.9 Å². The molecule has 0 saturated carbocycles. The summed E-state index contributed by atoms with van der Waals surface area (Å²) in [5.74, 6) is 0.275. The molecule has 0 aliphatic rings. The molecule has 0 bridgehead atoms. The van der Waals surface area contributed by atoms with E-state index in [1.165, 1.54) is 5.56 Å². The first-order chi connectivity index (χ1) is 11.9. The third-order valence-electron chi connectivity index (χ3n) is 4.20. The third kappa shape index (κ3) is 5.40. The fourth-order valence-electron chi connectivity index (χ4n) is 2.63. The first kappa shape index (κ1) is 19.1. The Labute approximate surface area is 156 Å². The van der Waals surface area contributed by atoms with Gasteiger partial charge < -0.3 is 10.2 Å². The number of carbonyl (C=O) groups is 1. The normalized spacial score (nSPS) is 11.9. The van der Waals surface area contributed by atoms with E-state index in [-0.39, 0.29) is 11.8 Å². The summed E-state index contributed by atoms with van der Waals surface area (Å²) in [4.78, 5) is 14.3. The first-order valence-corrected chi connectivity index (χ1v) is 9.01. The molecule has 2 aromatic carbocycles. The predicted molar refractivity (Wildman–Crippen MR) is 109 cm³/mol. The van der Waals surface area contributed by atoms with E-state index in [1.807, 2.05) is 56.4 Å². The summed E-state index contributed by atoms with van der Waals surface area (Å²) in [5, 5.41) is 3.24. The number of para-hydroxylation sites is 1. The molecule has 4 heteroatoms. The summed E-state index contributed by atoms with van der Waals surface area (Å²) < 4.78 is 0. The Hall–Kier alpha value is -2.20. The summed E-state index contributed by atoms with van der Waals surface area (Å²) >= 11 is 5.37. The smallest absolute Gasteiger partial charge is 0.233 e. The minimum atomic E-state index is -0.254. The van der Waals surface area contributed by atoms with E-state index in [2.05, 4.69) is 31.3 Å². The molecule has 0 saturated heterocycles. The highest BCUT2D eigenvalue weighted by Gasteiger charge is 2.18. The Bertz CT molecular complexity index is 710. The second-order valence-electron chi connectivity index (χ2n) is 6.75. The Morgan fingerprint density at radius 2 is 1.64 bits per heavy atom. The molecule has 3 nitrogen and oxygen atoms in total. The van der Waals surface area contributed by atoms with Gasteiger partial charge in [-0.1, -0.05) is 56.3 Å². The van der Waals surface area contributed by atoms with Gasteiger partial charge in [-0.05, 0) is 54.7 Å². The monoisotopic (exact) mass is 354 g/mol. The lowest BCUT2D eigenvalue weighted by Gasteiger charge is -2.22. The molecular formula is C21H26N2OS. The first-order valence-electron chi connectivity index (χ1n) is 8.61. The van der Waals surface area contributed by atoms with Crippen LogP contribution in [0.4, 0.5) is 5.69 Å². The summed E-state index contributed by atoms with van der Waals surface area (Å²) in [6, 6.07) is 18.0. The largest absolute Gasteiger partial charge is 0.322 e. The Morgan fingerprint density at radius 1 is 1.04 bits per heavy atom. The number of hydrogen-bond acceptors (Lipinski definition) is 2. The lowest BCUT2D eigenvalue weighted by atomic mass is 9.96. The molecule has 1 atom stereocenters. The molecule has 2 rings (SSSR count). The average molecular weight is 355 g/mol. The molecule has 0 heterocycles. The molecule has 0 aliphatic heterocycles. The molecular weight excluding hydrogens is 328 g/mol. The van der Waals surface area contributed by atoms with E-state index < -0.39 is 0 Å². The van der Waals surface area contributed by atoms with Gasteiger partial charge in [-0.15, -0.1) is 0 Å². The van der Waals surface area contributed by atoms with Crippen LogP contribution in [-0.2, 0) is 11.2 Å². The maximum atomic E-state index is 12.5. The molecule has 0 fully saturated rings. The number of thiocarbonyl (C=S) groups is 1. The Kier molecular flexibility index (Phi) is 6.71. The highest BCUT2D eigenvalue weighted by atomic mass is 32.1. The van der Waals surface area contributed by atoms with Gasteiger partial charge in [-0.3, -0.25) is 4.79 Å². The molecule has 0 radical (unpaired) electrons. The molecule has 132 valence electrons. The van der Waals surface area contributed by atoms with Crippen molar-refractivity contribution in [3.8, 4) is 0 Å². The Balaban J connectivity index is 1.98. The predicted octanol–water partition coefficient (Wildman–Crippen LogP) is 4.53. The number of amides is 1. The van der Waals surface area contributed by atoms with Crippen molar-refractivity contribution in [1.29, 1.82) is 0 Å². The van der Waals surface area contributed by atoms with Gasteiger partial charge in [-0.25, -0.2) is 0 Å². The van der Waals surface area contributed by atoms with Crippen molar-refractivity contribution >= 4 is 28.9 Å². The number of rotatable bonds is 5. The minimum absolute atomic E-state index is 0.0932. The van der Waals surface area contributed by atoms with Crippen LogP contribution in [0.3, 0.4) is 0 Å². The zero-order valence-corrected chi connectivity index (χ0v) is 16.1. The van der Waals surface area contributed by atoms with Gasteiger partial charge in [0.25, 0.3) is 0 Å². The van der Waals surface area contributed by atoms with Crippen molar-refractivity contribution in [1.82, 2.24) is 5.32 Å². The second-order valence-corrected chi connectivity index (χ2v) is 7.14. The van der Waals surface area contributed by atoms with Crippen LogP contribution in [0.1, 0.15) is 37.8 Å². The van der Waals surface area contributed by atoms with Gasteiger partial charge in [0.1, 0.15) is 0 Å². The molecule has 25 heavy (non-hydrogen) atoms. The quantitative estimate of drug-likeness (QED) is 0.801. The number of anilines is 1. The lowest BCUT2D eigenvalue weighted by molar-refractivity contribution is -0.120. The molecule has 0 aliphatic carbocycles. The summed E-state index contributed by atoms with van der Waals surface area (Å²) in [5.41, 5.74) is 3.24. The standard InChI is InChI=1S/C21H26N2OS/c1-15(2)14-17-10-12-18(13-11-17)16(3)20(24)22-21(25)23(4)19-8-6-5-7-9-19/h5-13,15-16H,14H2,1-4H3,(H,22,24,25). The van der Waals surface area contributed by atoms with Gasteiger partial charge in [0, 0.05) is 12.7 Å². The lowest BCUT2D eigenvalue weighted by Crippen LogP contribution is -2.42. The van der Waals surface area contributed by atoms with Crippen LogP contribution in [0.15, 0.2) is 54.6 Å². The fraction of sp³-hybridized carbons (Fsp3) is 0.333. The van der Waals surface area contributed by atoms with E-state index >= 15 is 0 Å². The number of benzene rings is 2. The van der Waals surface area contributed by atoms with E-state index in [4.69, 9.17) is 12.2 Å². The molecule has 2 aromatic rings. The van der Waals surface area contributed by atoms with E-state index in [1.54, 1.807) is 4.90 Å². The number of carbonyl (C=O) groups excluding carboxylic acids is 1. The molecule has 1 N–H and O–H groups in total. The van der Waals surface area contributed by atoms with Crippen molar-refractivity contribution in [3.05, 3.63) is 65.7 Å². The van der Waals surface area contributed by atoms with E-state index in [0.717, 1.165) is 17.7 Å². The van der Waals surface area contributed by atoms with Crippen molar-refractivity contribution < 1.29 is 4.79 Å². The van der Waals surface area contributed by atoms with Crippen LogP contribution in [0.5, 0.6) is 0 Å². The molecule has 1 unspecified atom stereocenters. The van der Waals surface area contributed by atoms with Gasteiger partial charge in [0.05, 0.1) is 5.92 Å². The zero-order chi connectivity index (χ0) is 18.4. The van der Waals surface area contributed by atoms with Gasteiger partial charge in [0.15, 0.2) is 5.11 Å². The van der Waals surface area contributed by atoms with Crippen LogP contribution in [0.2, 0.25) is 0 Å². The summed E-state index contributed by atoms with van der Waals surface area (Å²) in [6.07, 6.45) is 1.05. The molecule has 1 amide bonds. The van der Waals surface area contributed by atoms with Gasteiger partial charge in [-0.2, -0.15) is 0 Å². The summed E-state index contributed by atoms with van der Waals surface area (Å²) in [7, 11) is 1.85. The number of hydrogen-bond donors (Lipinski definition) is 1. The fourth-order valence-corrected chi connectivity index (χ4v) is 2.84. The average Bonchev–Trinajstić information content (AvgIpc) is 2.61. The maximum Gasteiger partial charge on any atom is 0.233 e. The van der Waals surface area contributed by atoms with Crippen molar-refractivity contribution in [2.24, 2.45) is 5.92 Å². The van der Waals surface area contributed by atoms with Crippen LogP contribution in [-0.4, -0.2) is 18.1 Å². The third-order valence-corrected chi connectivity index (χ3v) is 4.57. The molecule has 0 aromatic heterocycles. The van der Waals surface area contributed by atoms with E-state index in [9.17, 15) is 4.79 Å². The van der Waals surface area contributed by atoms with Crippen LogP contribution in [0, 0.1) is 5.92 Å². The Morgan fingerprint density at radius 3 is 2.20 bits per heavy atom. The highest BCUT2D eigenvalue weighted by Crippen LogP contribution is 2.18. The summed E-state index contributed by atoms with van der Waals surface area (Å²) in [6.45, 7) is 6.31. The molecule has 0 spiro atoms. The highest BCUT2D eigenvalue weighted by molar-refractivity contribution is 7.80. The van der Waals surface area contributed by atoms with Crippen LogP contribution in [0.25, 0.3) is 0 Å². The van der Waals surface area contributed by atoms with Gasteiger partial charge in [0.2, 0.25) is 5.91 Å². The van der Waals surface area contributed by atoms with Crippen LogP contribution < -0.4 is 10.2 Å². The topological polar surface area (TPSA) is 32.3 Å². The number of nitrogens with one attached hydrogen (secondary N) is 1.